The lowest BCUT2D eigenvalue weighted by atomic mass is 10.1. The van der Waals surface area contributed by atoms with Crippen LogP contribution in [0.25, 0.3) is 5.69 Å². The van der Waals surface area contributed by atoms with Crippen LogP contribution in [0.1, 0.15) is 29.8 Å². The van der Waals surface area contributed by atoms with Gasteiger partial charge in [-0.05, 0) is 62.4 Å². The zero-order chi connectivity index (χ0) is 20.4. The fourth-order valence-corrected chi connectivity index (χ4v) is 4.18. The van der Waals surface area contributed by atoms with Gasteiger partial charge in [-0.2, -0.15) is 10.2 Å². The molecule has 1 aliphatic rings. The van der Waals surface area contributed by atoms with Crippen LogP contribution in [-0.4, -0.2) is 42.7 Å². The predicted molar refractivity (Wildman–Crippen MR) is 110 cm³/mol. The van der Waals surface area contributed by atoms with Crippen molar-refractivity contribution in [2.45, 2.75) is 51.8 Å². The Balaban J connectivity index is 1.32. The average molecular weight is 393 g/mol. The van der Waals surface area contributed by atoms with Crippen molar-refractivity contribution in [1.82, 2.24) is 24.9 Å². The van der Waals surface area contributed by atoms with Crippen molar-refractivity contribution < 1.29 is 9.90 Å². The van der Waals surface area contributed by atoms with Gasteiger partial charge in [0.2, 0.25) is 5.91 Å². The predicted octanol–water partition coefficient (Wildman–Crippen LogP) is 2.18. The summed E-state index contributed by atoms with van der Waals surface area (Å²) in [6, 6.07) is 11.6. The van der Waals surface area contributed by atoms with E-state index in [-0.39, 0.29) is 11.9 Å². The molecule has 0 radical (unpaired) electrons. The Morgan fingerprint density at radius 1 is 1.24 bits per heavy atom. The highest BCUT2D eigenvalue weighted by Crippen LogP contribution is 2.27. The number of aryl methyl sites for hydroxylation is 2. The van der Waals surface area contributed by atoms with Gasteiger partial charge in [-0.3, -0.25) is 9.48 Å². The molecule has 7 heteroatoms. The van der Waals surface area contributed by atoms with E-state index in [4.69, 9.17) is 0 Å². The van der Waals surface area contributed by atoms with Crippen molar-refractivity contribution in [3.63, 3.8) is 0 Å². The zero-order valence-electron chi connectivity index (χ0n) is 16.8. The van der Waals surface area contributed by atoms with Crippen LogP contribution in [0, 0.1) is 19.8 Å². The summed E-state index contributed by atoms with van der Waals surface area (Å²) < 4.78 is 3.78. The van der Waals surface area contributed by atoms with E-state index in [1.807, 2.05) is 65.8 Å². The summed E-state index contributed by atoms with van der Waals surface area (Å²) in [5.41, 5.74) is 3.97. The monoisotopic (exact) mass is 393 g/mol. The number of rotatable bonds is 6. The van der Waals surface area contributed by atoms with E-state index >= 15 is 0 Å². The molecule has 3 atom stereocenters. The van der Waals surface area contributed by atoms with Crippen LogP contribution in [-0.2, 0) is 17.8 Å². The Labute approximate surface area is 170 Å². The second-order valence-electron chi connectivity index (χ2n) is 7.99. The molecule has 1 unspecified atom stereocenters. The molecule has 1 aromatic carbocycles. The molecule has 2 N–H and O–H groups in total. The minimum Gasteiger partial charge on any atom is -0.391 e. The van der Waals surface area contributed by atoms with E-state index in [1.165, 1.54) is 0 Å². The Hall–Kier alpha value is -2.93. The molecule has 152 valence electrons. The van der Waals surface area contributed by atoms with Crippen LogP contribution in [0.3, 0.4) is 0 Å². The highest BCUT2D eigenvalue weighted by Gasteiger charge is 2.34. The van der Waals surface area contributed by atoms with Crippen LogP contribution in [0.15, 0.2) is 48.8 Å². The molecule has 1 saturated carbocycles. The highest BCUT2D eigenvalue weighted by molar-refractivity contribution is 5.79. The van der Waals surface area contributed by atoms with Gasteiger partial charge in [-0.25, -0.2) is 4.68 Å². The fraction of sp³-hybridized carbons (Fsp3) is 0.409. The first-order valence-corrected chi connectivity index (χ1v) is 10.1. The molecule has 2 aromatic heterocycles. The second-order valence-corrected chi connectivity index (χ2v) is 7.99. The molecular weight excluding hydrogens is 366 g/mol. The van der Waals surface area contributed by atoms with Gasteiger partial charge in [0.25, 0.3) is 0 Å². The standard InChI is InChI=1S/C22H27N5O2/c1-15-10-16(2)27(25-15)19-6-4-17(5-7-19)13-22(29)24-20-11-18(12-21(20)28)14-26-9-3-8-23-26/h3-10,18,20-21,28H,11-14H2,1-2H3,(H,24,29)/t18?,20-,21-/m1/s1. The first kappa shape index (κ1) is 19.4. The second kappa shape index (κ2) is 8.21. The van der Waals surface area contributed by atoms with E-state index < -0.39 is 6.10 Å². The topological polar surface area (TPSA) is 85.0 Å². The van der Waals surface area contributed by atoms with Crippen molar-refractivity contribution in [2.24, 2.45) is 5.92 Å². The number of amides is 1. The number of aliphatic hydroxyl groups is 1. The quantitative estimate of drug-likeness (QED) is 0.672. The summed E-state index contributed by atoms with van der Waals surface area (Å²) in [7, 11) is 0. The average Bonchev–Trinajstić information content (AvgIpc) is 3.38. The third-order valence-corrected chi connectivity index (χ3v) is 5.53. The van der Waals surface area contributed by atoms with E-state index in [0.717, 1.165) is 35.6 Å². The Kier molecular flexibility index (Phi) is 5.49. The maximum Gasteiger partial charge on any atom is 0.224 e. The number of nitrogens with zero attached hydrogens (tertiary/aromatic N) is 4. The molecule has 0 aliphatic heterocycles. The number of carbonyl (C=O) groups excluding carboxylic acids is 1. The fourth-order valence-electron chi connectivity index (χ4n) is 4.18. The first-order chi connectivity index (χ1) is 14.0. The van der Waals surface area contributed by atoms with Gasteiger partial charge >= 0.3 is 0 Å². The van der Waals surface area contributed by atoms with Gasteiger partial charge in [-0.1, -0.05) is 12.1 Å². The molecule has 0 saturated heterocycles. The summed E-state index contributed by atoms with van der Waals surface area (Å²) in [5.74, 6) is 0.253. The third-order valence-electron chi connectivity index (χ3n) is 5.53. The molecule has 7 nitrogen and oxygen atoms in total. The zero-order valence-corrected chi connectivity index (χ0v) is 16.8. The van der Waals surface area contributed by atoms with Gasteiger partial charge < -0.3 is 10.4 Å². The summed E-state index contributed by atoms with van der Waals surface area (Å²) in [6.07, 6.45) is 4.92. The van der Waals surface area contributed by atoms with Gasteiger partial charge in [0.05, 0.1) is 29.9 Å². The highest BCUT2D eigenvalue weighted by atomic mass is 16.3. The molecule has 1 amide bonds. The molecular formula is C22H27N5O2. The largest absolute Gasteiger partial charge is 0.391 e. The molecule has 1 fully saturated rings. The van der Waals surface area contributed by atoms with Gasteiger partial charge in [0.1, 0.15) is 0 Å². The van der Waals surface area contributed by atoms with E-state index in [2.05, 4.69) is 15.5 Å². The molecule has 1 aliphatic carbocycles. The summed E-state index contributed by atoms with van der Waals surface area (Å²) >= 11 is 0. The maximum atomic E-state index is 12.5. The van der Waals surface area contributed by atoms with Crippen LogP contribution in [0.5, 0.6) is 0 Å². The van der Waals surface area contributed by atoms with Gasteiger partial charge in [-0.15, -0.1) is 0 Å². The minimum atomic E-state index is -0.507. The minimum absolute atomic E-state index is 0.0624. The van der Waals surface area contributed by atoms with Crippen LogP contribution < -0.4 is 5.32 Å². The Bertz CT molecular complexity index is 962. The van der Waals surface area contributed by atoms with Crippen molar-refractivity contribution in [1.29, 1.82) is 0 Å². The summed E-state index contributed by atoms with van der Waals surface area (Å²) in [4.78, 5) is 12.5. The Morgan fingerprint density at radius 2 is 2.03 bits per heavy atom. The normalized spacial score (nSPS) is 21.4. The number of nitrogens with one attached hydrogen (secondary N) is 1. The van der Waals surface area contributed by atoms with E-state index in [1.54, 1.807) is 6.20 Å². The number of aromatic nitrogens is 4. The molecule has 29 heavy (non-hydrogen) atoms. The molecule has 0 bridgehead atoms. The number of hydrogen-bond acceptors (Lipinski definition) is 4. The first-order valence-electron chi connectivity index (χ1n) is 10.1. The molecule has 4 rings (SSSR count). The van der Waals surface area contributed by atoms with Crippen molar-refractivity contribution in [2.75, 3.05) is 0 Å². The molecule has 2 heterocycles. The lowest BCUT2D eigenvalue weighted by Gasteiger charge is -2.16. The summed E-state index contributed by atoms with van der Waals surface area (Å²) in [6.45, 7) is 4.76. The summed E-state index contributed by atoms with van der Waals surface area (Å²) in [5, 5.41) is 22.1. The molecule has 0 spiro atoms. The van der Waals surface area contributed by atoms with Crippen LogP contribution >= 0.6 is 0 Å². The molecule has 3 aromatic rings. The van der Waals surface area contributed by atoms with Crippen LogP contribution in [0.4, 0.5) is 0 Å². The lowest BCUT2D eigenvalue weighted by molar-refractivity contribution is -0.121. The number of carbonyl (C=O) groups is 1. The van der Waals surface area contributed by atoms with Gasteiger partial charge in [0, 0.05) is 24.6 Å². The third kappa shape index (κ3) is 4.56. The number of benzene rings is 1. The Morgan fingerprint density at radius 3 is 2.69 bits per heavy atom. The van der Waals surface area contributed by atoms with Crippen LogP contribution in [0.2, 0.25) is 0 Å². The lowest BCUT2D eigenvalue weighted by Crippen LogP contribution is -2.40. The maximum absolute atomic E-state index is 12.5. The van der Waals surface area contributed by atoms with Gasteiger partial charge in [0.15, 0.2) is 0 Å². The SMILES string of the molecule is Cc1cc(C)n(-c2ccc(CC(=O)N[C@@H]3CC(Cn4cccn4)C[C@H]3O)cc2)n1. The van der Waals surface area contributed by atoms with Crippen molar-refractivity contribution >= 4 is 5.91 Å². The number of hydrogen-bond donors (Lipinski definition) is 2. The van der Waals surface area contributed by atoms with E-state index in [0.29, 0.717) is 18.8 Å². The smallest absolute Gasteiger partial charge is 0.224 e. The van der Waals surface area contributed by atoms with Crippen molar-refractivity contribution in [3.05, 3.63) is 65.7 Å². The van der Waals surface area contributed by atoms with E-state index in [9.17, 15) is 9.90 Å². The number of aliphatic hydroxyl groups excluding tert-OH is 1. The van der Waals surface area contributed by atoms with Crippen molar-refractivity contribution in [3.8, 4) is 5.69 Å².